The molecule has 2 aromatic heterocycles. The van der Waals surface area contributed by atoms with Crippen LogP contribution in [-0.4, -0.2) is 12.1 Å². The van der Waals surface area contributed by atoms with E-state index >= 15 is 0 Å². The van der Waals surface area contributed by atoms with E-state index in [9.17, 15) is 0 Å². The lowest BCUT2D eigenvalue weighted by atomic mass is 10.2. The van der Waals surface area contributed by atoms with Crippen molar-refractivity contribution in [2.24, 2.45) is 0 Å². The molecule has 4 heteroatoms. The van der Waals surface area contributed by atoms with Crippen LogP contribution in [0.2, 0.25) is 0 Å². The number of hydrogen-bond acceptors (Lipinski definition) is 3. The second-order valence-corrected chi connectivity index (χ2v) is 3.15. The van der Waals surface area contributed by atoms with E-state index in [4.69, 9.17) is 9.15 Å². The van der Waals surface area contributed by atoms with Gasteiger partial charge in [0.25, 0.3) is 5.88 Å². The topological polar surface area (TPSA) is 35.3 Å². The smallest absolute Gasteiger partial charge is 0.257 e. The zero-order valence-corrected chi connectivity index (χ0v) is 8.67. The van der Waals surface area contributed by atoms with Crippen LogP contribution in [0.3, 0.4) is 0 Å². The molecule has 0 bridgehead atoms. The quantitative estimate of drug-likeness (QED) is 0.759. The standard InChI is InChI=1S/C9H8BrNO2/c1-12-9-8-7(2-3-11-9)6(4-10)5-13-8/h2-3,5H,4H2,1H3. The highest BCUT2D eigenvalue weighted by Gasteiger charge is 2.09. The zero-order chi connectivity index (χ0) is 9.26. The van der Waals surface area contributed by atoms with Crippen LogP contribution >= 0.6 is 15.9 Å². The Morgan fingerprint density at radius 2 is 2.46 bits per heavy atom. The van der Waals surface area contributed by atoms with Crippen molar-refractivity contribution < 1.29 is 9.15 Å². The largest absolute Gasteiger partial charge is 0.478 e. The van der Waals surface area contributed by atoms with Gasteiger partial charge in [-0.2, -0.15) is 0 Å². The molecular weight excluding hydrogens is 234 g/mol. The number of ether oxygens (including phenoxy) is 1. The number of furan rings is 1. The normalized spacial score (nSPS) is 10.6. The summed E-state index contributed by atoms with van der Waals surface area (Å²) in [6.07, 6.45) is 3.42. The number of alkyl halides is 1. The Labute approximate surface area is 83.8 Å². The summed E-state index contributed by atoms with van der Waals surface area (Å²) >= 11 is 3.38. The van der Waals surface area contributed by atoms with E-state index in [2.05, 4.69) is 20.9 Å². The van der Waals surface area contributed by atoms with E-state index in [0.717, 1.165) is 16.3 Å². The molecule has 68 valence electrons. The monoisotopic (exact) mass is 241 g/mol. The van der Waals surface area contributed by atoms with Gasteiger partial charge in [0.15, 0.2) is 5.58 Å². The number of halogens is 1. The first-order valence-corrected chi connectivity index (χ1v) is 4.94. The predicted molar refractivity (Wildman–Crippen MR) is 53.2 cm³/mol. The summed E-state index contributed by atoms with van der Waals surface area (Å²) in [6, 6.07) is 1.91. The number of methoxy groups -OCH3 is 1. The highest BCUT2D eigenvalue weighted by atomic mass is 79.9. The van der Waals surface area contributed by atoms with E-state index < -0.39 is 0 Å². The Morgan fingerprint density at radius 1 is 1.62 bits per heavy atom. The lowest BCUT2D eigenvalue weighted by Gasteiger charge is -1.97. The molecule has 0 saturated carbocycles. The SMILES string of the molecule is COc1nccc2c(CBr)coc12. The molecule has 0 aliphatic heterocycles. The third-order valence-corrected chi connectivity index (χ3v) is 2.48. The molecule has 0 fully saturated rings. The van der Waals surface area contributed by atoms with E-state index in [1.54, 1.807) is 19.6 Å². The molecule has 13 heavy (non-hydrogen) atoms. The van der Waals surface area contributed by atoms with Crippen LogP contribution in [0.15, 0.2) is 22.9 Å². The Hall–Kier alpha value is -1.03. The van der Waals surface area contributed by atoms with Gasteiger partial charge >= 0.3 is 0 Å². The summed E-state index contributed by atoms with van der Waals surface area (Å²) < 4.78 is 10.4. The van der Waals surface area contributed by atoms with Crippen molar-refractivity contribution in [3.8, 4) is 5.88 Å². The highest BCUT2D eigenvalue weighted by molar-refractivity contribution is 9.08. The van der Waals surface area contributed by atoms with Crippen LogP contribution in [0.1, 0.15) is 5.56 Å². The number of fused-ring (bicyclic) bond motifs is 1. The number of rotatable bonds is 2. The fraction of sp³-hybridized carbons (Fsp3) is 0.222. The summed E-state index contributed by atoms with van der Waals surface area (Å²) in [4.78, 5) is 4.04. The van der Waals surface area contributed by atoms with Gasteiger partial charge < -0.3 is 9.15 Å². The summed E-state index contributed by atoms with van der Waals surface area (Å²) in [6.45, 7) is 0. The first-order valence-electron chi connectivity index (χ1n) is 3.82. The lowest BCUT2D eigenvalue weighted by Crippen LogP contribution is -1.86. The molecule has 2 heterocycles. The van der Waals surface area contributed by atoms with Crippen molar-refractivity contribution in [2.45, 2.75) is 5.33 Å². The van der Waals surface area contributed by atoms with Crippen molar-refractivity contribution >= 4 is 26.9 Å². The van der Waals surface area contributed by atoms with Crippen molar-refractivity contribution in [3.05, 3.63) is 24.1 Å². The fourth-order valence-corrected chi connectivity index (χ4v) is 1.67. The molecule has 0 aromatic carbocycles. The predicted octanol–water partition coefficient (Wildman–Crippen LogP) is 2.73. The second-order valence-electron chi connectivity index (χ2n) is 2.59. The van der Waals surface area contributed by atoms with E-state index in [1.807, 2.05) is 6.07 Å². The van der Waals surface area contributed by atoms with Crippen LogP contribution in [0, 0.1) is 0 Å². The third-order valence-electron chi connectivity index (χ3n) is 1.87. The molecule has 0 saturated heterocycles. The maximum Gasteiger partial charge on any atom is 0.257 e. The molecule has 0 aliphatic carbocycles. The average molecular weight is 242 g/mol. The minimum Gasteiger partial charge on any atom is -0.478 e. The van der Waals surface area contributed by atoms with Crippen LogP contribution in [0.5, 0.6) is 5.88 Å². The van der Waals surface area contributed by atoms with Crippen LogP contribution in [-0.2, 0) is 5.33 Å². The van der Waals surface area contributed by atoms with Gasteiger partial charge in [-0.1, -0.05) is 15.9 Å². The molecule has 0 N–H and O–H groups in total. The Morgan fingerprint density at radius 3 is 3.15 bits per heavy atom. The van der Waals surface area contributed by atoms with Crippen LogP contribution in [0.4, 0.5) is 0 Å². The Balaban J connectivity index is 2.72. The molecule has 0 radical (unpaired) electrons. The van der Waals surface area contributed by atoms with Gasteiger partial charge in [-0.3, -0.25) is 0 Å². The maximum absolute atomic E-state index is 5.34. The molecule has 0 spiro atoms. The third kappa shape index (κ3) is 1.31. The molecule has 0 unspecified atom stereocenters. The van der Waals surface area contributed by atoms with E-state index in [-0.39, 0.29) is 0 Å². The molecule has 0 atom stereocenters. The zero-order valence-electron chi connectivity index (χ0n) is 7.08. The molecule has 2 rings (SSSR count). The highest BCUT2D eigenvalue weighted by Crippen LogP contribution is 2.28. The van der Waals surface area contributed by atoms with Crippen LogP contribution in [0.25, 0.3) is 11.0 Å². The van der Waals surface area contributed by atoms with Crippen molar-refractivity contribution in [3.63, 3.8) is 0 Å². The van der Waals surface area contributed by atoms with Gasteiger partial charge in [0, 0.05) is 22.5 Å². The molecule has 0 aliphatic rings. The number of pyridine rings is 1. The summed E-state index contributed by atoms with van der Waals surface area (Å²) in [5.74, 6) is 0.532. The minimum atomic E-state index is 0.532. The number of nitrogens with zero attached hydrogens (tertiary/aromatic N) is 1. The van der Waals surface area contributed by atoms with Gasteiger partial charge in [0.2, 0.25) is 0 Å². The molecule has 3 nitrogen and oxygen atoms in total. The van der Waals surface area contributed by atoms with Crippen LogP contribution < -0.4 is 4.74 Å². The summed E-state index contributed by atoms with van der Waals surface area (Å²) in [7, 11) is 1.58. The number of aromatic nitrogens is 1. The maximum atomic E-state index is 5.34. The van der Waals surface area contributed by atoms with Gasteiger partial charge in [0.1, 0.15) is 0 Å². The Kier molecular flexibility index (Phi) is 2.22. The summed E-state index contributed by atoms with van der Waals surface area (Å²) in [5, 5.41) is 1.82. The molecule has 0 amide bonds. The minimum absolute atomic E-state index is 0.532. The van der Waals surface area contributed by atoms with Crippen molar-refractivity contribution in [1.82, 2.24) is 4.98 Å². The fourth-order valence-electron chi connectivity index (χ4n) is 1.24. The molecular formula is C9H8BrNO2. The average Bonchev–Trinajstić information content (AvgIpc) is 2.60. The first kappa shape index (κ1) is 8.56. The van der Waals surface area contributed by atoms with E-state index in [0.29, 0.717) is 11.5 Å². The summed E-state index contributed by atoms with van der Waals surface area (Å²) in [5.41, 5.74) is 1.81. The van der Waals surface area contributed by atoms with Gasteiger partial charge in [0.05, 0.1) is 13.4 Å². The van der Waals surface area contributed by atoms with Crippen molar-refractivity contribution in [1.29, 1.82) is 0 Å². The van der Waals surface area contributed by atoms with Gasteiger partial charge in [-0.25, -0.2) is 4.98 Å². The van der Waals surface area contributed by atoms with Gasteiger partial charge in [-0.05, 0) is 6.07 Å². The van der Waals surface area contributed by atoms with Crippen molar-refractivity contribution in [2.75, 3.05) is 7.11 Å². The second kappa shape index (κ2) is 3.38. The van der Waals surface area contributed by atoms with E-state index in [1.165, 1.54) is 0 Å². The van der Waals surface area contributed by atoms with Gasteiger partial charge in [-0.15, -0.1) is 0 Å². The number of hydrogen-bond donors (Lipinski definition) is 0. The molecule has 2 aromatic rings. The first-order chi connectivity index (χ1) is 6.36. The lowest BCUT2D eigenvalue weighted by molar-refractivity contribution is 0.394. The Bertz CT molecular complexity index is 424.